The third-order valence-corrected chi connectivity index (χ3v) is 3.61. The van der Waals surface area contributed by atoms with E-state index in [-0.39, 0.29) is 12.1 Å². The fraction of sp³-hybridized carbons (Fsp3) is 0.200. The minimum Gasteiger partial charge on any atom is -0.399 e. The topological polar surface area (TPSA) is 62.5 Å². The first-order valence-electron chi connectivity index (χ1n) is 6.46. The van der Waals surface area contributed by atoms with Crippen molar-refractivity contribution in [3.8, 4) is 0 Å². The summed E-state index contributed by atoms with van der Waals surface area (Å²) in [5.74, 6) is 0. The summed E-state index contributed by atoms with van der Waals surface area (Å²) in [6, 6.07) is 11.2. The second-order valence-corrected chi connectivity index (χ2v) is 4.90. The second-order valence-electron chi connectivity index (χ2n) is 4.90. The fourth-order valence-corrected chi connectivity index (χ4v) is 2.51. The van der Waals surface area contributed by atoms with Crippen molar-refractivity contribution in [2.75, 3.05) is 24.2 Å². The van der Waals surface area contributed by atoms with Crippen molar-refractivity contribution in [2.24, 2.45) is 0 Å². The molecule has 1 unspecified atom stereocenters. The summed E-state index contributed by atoms with van der Waals surface area (Å²) in [5, 5.41) is 0. The molecule has 20 heavy (non-hydrogen) atoms. The first-order valence-corrected chi connectivity index (χ1v) is 6.46. The highest BCUT2D eigenvalue weighted by atomic mass is 16.2. The van der Waals surface area contributed by atoms with Gasteiger partial charge in [-0.15, -0.1) is 0 Å². The first kappa shape index (κ1) is 12.5. The van der Waals surface area contributed by atoms with Crippen LogP contribution in [0, 0.1) is 0 Å². The van der Waals surface area contributed by atoms with Crippen LogP contribution in [-0.2, 0) is 0 Å². The highest BCUT2D eigenvalue weighted by molar-refractivity contribution is 5.95. The average Bonchev–Trinajstić information content (AvgIpc) is 2.76. The number of carbonyl (C=O) groups is 1. The number of nitrogens with two attached hydrogens (primary N) is 1. The Hall–Kier alpha value is -2.56. The molecule has 1 aliphatic heterocycles. The molecule has 2 N–H and O–H groups in total. The SMILES string of the molecule is CN1C(=O)N(c2cccc(N)c2)CC1c1cccnc1. The number of rotatable bonds is 2. The van der Waals surface area contributed by atoms with Gasteiger partial charge in [0.15, 0.2) is 0 Å². The Kier molecular flexibility index (Phi) is 3.02. The molecule has 1 saturated heterocycles. The van der Waals surface area contributed by atoms with Gasteiger partial charge in [-0.1, -0.05) is 12.1 Å². The molecule has 3 rings (SSSR count). The number of anilines is 2. The second kappa shape index (κ2) is 4.85. The molecule has 1 aliphatic rings. The van der Waals surface area contributed by atoms with Crippen LogP contribution in [0.4, 0.5) is 16.2 Å². The standard InChI is InChI=1S/C15H16N4O/c1-18-14(11-4-3-7-17-9-11)10-19(15(18)20)13-6-2-5-12(16)8-13/h2-9,14H,10,16H2,1H3. The van der Waals surface area contributed by atoms with Gasteiger partial charge in [-0.25, -0.2) is 4.79 Å². The van der Waals surface area contributed by atoms with Gasteiger partial charge in [0.05, 0.1) is 12.6 Å². The lowest BCUT2D eigenvalue weighted by Gasteiger charge is -2.17. The summed E-state index contributed by atoms with van der Waals surface area (Å²) in [6.45, 7) is 0.602. The van der Waals surface area contributed by atoms with Crippen LogP contribution in [0.3, 0.4) is 0 Å². The van der Waals surface area contributed by atoms with Gasteiger partial charge in [0.1, 0.15) is 0 Å². The van der Waals surface area contributed by atoms with E-state index in [9.17, 15) is 4.79 Å². The van der Waals surface area contributed by atoms with E-state index in [2.05, 4.69) is 4.98 Å². The number of nitrogens with zero attached hydrogens (tertiary/aromatic N) is 3. The lowest BCUT2D eigenvalue weighted by Crippen LogP contribution is -2.29. The third kappa shape index (κ3) is 2.07. The van der Waals surface area contributed by atoms with Gasteiger partial charge in [-0.05, 0) is 29.8 Å². The highest BCUT2D eigenvalue weighted by Crippen LogP contribution is 2.31. The number of benzene rings is 1. The molecular formula is C15H16N4O. The number of likely N-dealkylation sites (N-methyl/N-ethyl adjacent to an activating group) is 1. The van der Waals surface area contributed by atoms with E-state index >= 15 is 0 Å². The quantitative estimate of drug-likeness (QED) is 0.850. The third-order valence-electron chi connectivity index (χ3n) is 3.61. The van der Waals surface area contributed by atoms with E-state index in [1.54, 1.807) is 22.2 Å². The average molecular weight is 268 g/mol. The predicted molar refractivity (Wildman–Crippen MR) is 78.3 cm³/mol. The summed E-state index contributed by atoms with van der Waals surface area (Å²) in [5.41, 5.74) is 8.31. The maximum absolute atomic E-state index is 12.4. The Bertz CT molecular complexity index is 629. The number of urea groups is 1. The van der Waals surface area contributed by atoms with Crippen LogP contribution < -0.4 is 10.6 Å². The summed E-state index contributed by atoms with van der Waals surface area (Å²) in [4.78, 5) is 20.0. The maximum atomic E-state index is 12.4. The summed E-state index contributed by atoms with van der Waals surface area (Å²) in [6.07, 6.45) is 3.53. The van der Waals surface area contributed by atoms with Crippen LogP contribution in [0.1, 0.15) is 11.6 Å². The van der Waals surface area contributed by atoms with Crippen LogP contribution in [0.25, 0.3) is 0 Å². The number of aromatic nitrogens is 1. The zero-order valence-corrected chi connectivity index (χ0v) is 11.2. The predicted octanol–water partition coefficient (Wildman–Crippen LogP) is 2.28. The zero-order chi connectivity index (χ0) is 14.1. The molecule has 0 spiro atoms. The number of nitrogen functional groups attached to an aromatic ring is 1. The van der Waals surface area contributed by atoms with Gasteiger partial charge in [0.2, 0.25) is 0 Å². The van der Waals surface area contributed by atoms with E-state index in [0.717, 1.165) is 11.3 Å². The molecule has 2 heterocycles. The van der Waals surface area contributed by atoms with Crippen LogP contribution in [0.5, 0.6) is 0 Å². The molecule has 0 aliphatic carbocycles. The Labute approximate surface area is 117 Å². The van der Waals surface area contributed by atoms with E-state index in [1.165, 1.54) is 0 Å². The van der Waals surface area contributed by atoms with Crippen LogP contribution in [-0.4, -0.2) is 29.5 Å². The molecule has 1 atom stereocenters. The number of hydrogen-bond acceptors (Lipinski definition) is 3. The van der Waals surface area contributed by atoms with Crippen LogP contribution >= 0.6 is 0 Å². The molecule has 5 nitrogen and oxygen atoms in total. The molecule has 1 fully saturated rings. The van der Waals surface area contributed by atoms with Gasteiger partial charge >= 0.3 is 6.03 Å². The lowest BCUT2D eigenvalue weighted by molar-refractivity contribution is 0.219. The van der Waals surface area contributed by atoms with Crippen molar-refractivity contribution in [3.63, 3.8) is 0 Å². The zero-order valence-electron chi connectivity index (χ0n) is 11.2. The van der Waals surface area contributed by atoms with Gasteiger partial charge in [0.25, 0.3) is 0 Å². The minimum atomic E-state index is -0.0237. The minimum absolute atomic E-state index is 0.0117. The van der Waals surface area contributed by atoms with E-state index < -0.39 is 0 Å². The molecule has 1 aromatic carbocycles. The largest absolute Gasteiger partial charge is 0.399 e. The van der Waals surface area contributed by atoms with Crippen LogP contribution in [0.2, 0.25) is 0 Å². The Morgan fingerprint density at radius 3 is 2.85 bits per heavy atom. The number of carbonyl (C=O) groups excluding carboxylic acids is 1. The lowest BCUT2D eigenvalue weighted by atomic mass is 10.1. The molecular weight excluding hydrogens is 252 g/mol. The Balaban J connectivity index is 1.91. The normalized spacial score (nSPS) is 18.6. The first-order chi connectivity index (χ1) is 9.66. The van der Waals surface area contributed by atoms with E-state index in [4.69, 9.17) is 5.73 Å². The van der Waals surface area contributed by atoms with Gasteiger partial charge < -0.3 is 10.6 Å². The number of hydrogen-bond donors (Lipinski definition) is 1. The van der Waals surface area contributed by atoms with Gasteiger partial charge in [-0.2, -0.15) is 0 Å². The molecule has 102 valence electrons. The van der Waals surface area contributed by atoms with Crippen LogP contribution in [0.15, 0.2) is 48.8 Å². The van der Waals surface area contributed by atoms with Crippen molar-refractivity contribution in [3.05, 3.63) is 54.4 Å². The Morgan fingerprint density at radius 2 is 2.15 bits per heavy atom. The van der Waals surface area contributed by atoms with E-state index in [0.29, 0.717) is 12.2 Å². The van der Waals surface area contributed by atoms with Gasteiger partial charge in [-0.3, -0.25) is 9.88 Å². The highest BCUT2D eigenvalue weighted by Gasteiger charge is 2.36. The summed E-state index contributed by atoms with van der Waals surface area (Å²) in [7, 11) is 1.81. The summed E-state index contributed by atoms with van der Waals surface area (Å²) < 4.78 is 0. The van der Waals surface area contributed by atoms with Crippen molar-refractivity contribution < 1.29 is 4.79 Å². The fourth-order valence-electron chi connectivity index (χ4n) is 2.51. The van der Waals surface area contributed by atoms with Gasteiger partial charge in [0, 0.05) is 30.8 Å². The monoisotopic (exact) mass is 268 g/mol. The molecule has 1 aromatic heterocycles. The molecule has 0 saturated carbocycles. The summed E-state index contributed by atoms with van der Waals surface area (Å²) >= 11 is 0. The van der Waals surface area contributed by atoms with Crippen molar-refractivity contribution in [1.29, 1.82) is 0 Å². The van der Waals surface area contributed by atoms with E-state index in [1.807, 2.05) is 43.4 Å². The Morgan fingerprint density at radius 1 is 1.30 bits per heavy atom. The number of pyridine rings is 1. The maximum Gasteiger partial charge on any atom is 0.324 e. The smallest absolute Gasteiger partial charge is 0.324 e. The molecule has 5 heteroatoms. The van der Waals surface area contributed by atoms with Crippen molar-refractivity contribution in [1.82, 2.24) is 9.88 Å². The molecule has 2 amide bonds. The molecule has 0 bridgehead atoms. The van der Waals surface area contributed by atoms with Crippen molar-refractivity contribution in [2.45, 2.75) is 6.04 Å². The van der Waals surface area contributed by atoms with Crippen molar-refractivity contribution >= 4 is 17.4 Å². The number of amides is 2. The molecule has 0 radical (unpaired) electrons. The molecule has 2 aromatic rings.